The Morgan fingerprint density at radius 1 is 1.07 bits per heavy atom. The summed E-state index contributed by atoms with van der Waals surface area (Å²) in [4.78, 5) is 52.1. The molecule has 1 fully saturated rings. The van der Waals surface area contributed by atoms with Crippen LogP contribution < -0.4 is 15.6 Å². The number of ether oxygens (including phenoxy) is 3. The highest BCUT2D eigenvalue weighted by Crippen LogP contribution is 2.48. The summed E-state index contributed by atoms with van der Waals surface area (Å²) in [6.45, 7) is 1.65. The Labute approximate surface area is 252 Å². The molecule has 43 heavy (non-hydrogen) atoms. The molecule has 0 bridgehead atoms. The minimum absolute atomic E-state index is 0.194. The van der Waals surface area contributed by atoms with Gasteiger partial charge in [0, 0.05) is 66.3 Å². The van der Waals surface area contributed by atoms with E-state index in [2.05, 4.69) is 5.32 Å². The Hall–Kier alpha value is -4.41. The van der Waals surface area contributed by atoms with Crippen molar-refractivity contribution in [1.82, 2.24) is 9.13 Å². The van der Waals surface area contributed by atoms with E-state index in [1.54, 1.807) is 36.4 Å². The van der Waals surface area contributed by atoms with Crippen LogP contribution in [0.4, 0.5) is 5.69 Å². The van der Waals surface area contributed by atoms with E-state index in [1.807, 2.05) is 10.6 Å². The molecule has 10 nitrogen and oxygen atoms in total. The third-order valence-electron chi connectivity index (χ3n) is 8.25. The number of pyridine rings is 1. The number of carbonyl (C=O) groups is 3. The molecule has 1 N–H and O–H groups in total. The van der Waals surface area contributed by atoms with Crippen LogP contribution in [-0.2, 0) is 20.0 Å². The maximum Gasteiger partial charge on any atom is 0.357 e. The molecule has 0 radical (unpaired) electrons. The fourth-order valence-electron chi connectivity index (χ4n) is 6.00. The fraction of sp³-hybridized carbons (Fsp3) is 0.312. The number of Topliss-reactive ketones (excluding diaryl/α,β-unsaturated/α-hetero) is 1. The number of rotatable bonds is 9. The normalized spacial score (nSPS) is 15.6. The molecule has 1 spiro atoms. The number of carbonyl (C=O) groups excluding carboxylic acids is 3. The number of hydrogen-bond donors (Lipinski definition) is 1. The number of nitrogens with zero attached hydrogens (tertiary/aromatic N) is 2. The van der Waals surface area contributed by atoms with Gasteiger partial charge in [-0.05, 0) is 61.4 Å². The number of ketones is 1. The third kappa shape index (κ3) is 4.90. The molecule has 2 aromatic heterocycles. The number of amides is 1. The van der Waals surface area contributed by atoms with E-state index in [1.165, 1.54) is 38.0 Å². The van der Waals surface area contributed by atoms with Crippen molar-refractivity contribution in [3.63, 3.8) is 0 Å². The quantitative estimate of drug-likeness (QED) is 0.197. The predicted octanol–water partition coefficient (Wildman–Crippen LogP) is 5.56. The van der Waals surface area contributed by atoms with Crippen molar-refractivity contribution in [3.8, 4) is 16.9 Å². The largest absolute Gasteiger partial charge is 0.495 e. The second-order valence-electron chi connectivity index (χ2n) is 10.9. The number of aromatic nitrogens is 2. The maximum atomic E-state index is 13.7. The summed E-state index contributed by atoms with van der Waals surface area (Å²) in [5.41, 5.74) is 2.03. The number of methoxy groups -OCH3 is 2. The number of hydrogen-bond acceptors (Lipinski definition) is 7. The summed E-state index contributed by atoms with van der Waals surface area (Å²) in [6, 6.07) is 12.4. The molecular formula is C32H30ClN3O7. The standard InChI is InChI=1S/C32H30ClN3O7/c1-18(37)22-7-5-20(33)15-23(22)24-16-29(38)35(17-28(24)42-3)26(9-12-41-2)30(39)34-21-6-8-25-19(13-21)14-27-31(40)43-32(36(25)27)10-4-11-32/h5-8,13-17,26H,4,9-12H2,1-3H3,(H,34,39). The highest BCUT2D eigenvalue weighted by molar-refractivity contribution is 6.31. The van der Waals surface area contributed by atoms with Crippen LogP contribution in [0.5, 0.6) is 5.75 Å². The van der Waals surface area contributed by atoms with Crippen molar-refractivity contribution in [2.24, 2.45) is 0 Å². The predicted molar refractivity (Wildman–Crippen MR) is 161 cm³/mol. The first-order valence-electron chi connectivity index (χ1n) is 14.0. The Morgan fingerprint density at radius 3 is 2.53 bits per heavy atom. The van der Waals surface area contributed by atoms with Gasteiger partial charge in [0.15, 0.2) is 11.5 Å². The lowest BCUT2D eigenvalue weighted by atomic mass is 9.88. The molecule has 222 valence electrons. The van der Waals surface area contributed by atoms with Crippen LogP contribution in [0.2, 0.25) is 5.02 Å². The van der Waals surface area contributed by atoms with Crippen LogP contribution in [0.1, 0.15) is 59.5 Å². The molecular weight excluding hydrogens is 574 g/mol. The molecule has 1 amide bonds. The lowest BCUT2D eigenvalue weighted by Crippen LogP contribution is -2.39. The van der Waals surface area contributed by atoms with Gasteiger partial charge in [-0.25, -0.2) is 4.79 Å². The van der Waals surface area contributed by atoms with Gasteiger partial charge in [-0.1, -0.05) is 11.6 Å². The number of nitrogens with one attached hydrogen (secondary N) is 1. The average Bonchev–Trinajstić information content (AvgIpc) is 3.48. The van der Waals surface area contributed by atoms with E-state index in [9.17, 15) is 19.2 Å². The topological polar surface area (TPSA) is 118 Å². The molecule has 1 unspecified atom stereocenters. The minimum Gasteiger partial charge on any atom is -0.495 e. The van der Waals surface area contributed by atoms with Gasteiger partial charge in [0.1, 0.15) is 17.5 Å². The summed E-state index contributed by atoms with van der Waals surface area (Å²) in [5, 5.41) is 4.12. The van der Waals surface area contributed by atoms with Gasteiger partial charge in [0.05, 0.1) is 18.8 Å². The van der Waals surface area contributed by atoms with Crippen LogP contribution in [0.15, 0.2) is 59.5 Å². The fourth-order valence-corrected chi connectivity index (χ4v) is 6.17. The van der Waals surface area contributed by atoms with Crippen molar-refractivity contribution in [2.45, 2.75) is 44.4 Å². The molecule has 4 aromatic rings. The Bertz CT molecular complexity index is 1850. The minimum atomic E-state index is -0.940. The second kappa shape index (κ2) is 11.0. The van der Waals surface area contributed by atoms with Gasteiger partial charge in [0.2, 0.25) is 5.91 Å². The van der Waals surface area contributed by atoms with Gasteiger partial charge in [-0.2, -0.15) is 0 Å². The molecule has 1 aliphatic carbocycles. The Morgan fingerprint density at radius 2 is 1.86 bits per heavy atom. The monoisotopic (exact) mass is 603 g/mol. The Balaban J connectivity index is 1.34. The van der Waals surface area contributed by atoms with E-state index in [-0.39, 0.29) is 24.8 Å². The number of esters is 1. The smallest absolute Gasteiger partial charge is 0.357 e. The van der Waals surface area contributed by atoms with Crippen molar-refractivity contribution < 1.29 is 28.6 Å². The van der Waals surface area contributed by atoms with Crippen LogP contribution >= 0.6 is 11.6 Å². The summed E-state index contributed by atoms with van der Waals surface area (Å²) < 4.78 is 19.8. The molecule has 6 rings (SSSR count). The molecule has 11 heteroatoms. The van der Waals surface area contributed by atoms with Gasteiger partial charge in [-0.3, -0.25) is 23.5 Å². The van der Waals surface area contributed by atoms with Crippen LogP contribution in [0.25, 0.3) is 22.0 Å². The molecule has 3 heterocycles. The number of fused-ring (bicyclic) bond motifs is 4. The lowest BCUT2D eigenvalue weighted by Gasteiger charge is -2.38. The molecule has 2 aliphatic rings. The highest BCUT2D eigenvalue weighted by atomic mass is 35.5. The molecule has 0 saturated heterocycles. The summed E-state index contributed by atoms with van der Waals surface area (Å²) >= 11 is 6.23. The first-order chi connectivity index (χ1) is 20.7. The van der Waals surface area contributed by atoms with Crippen molar-refractivity contribution in [3.05, 3.63) is 81.4 Å². The zero-order valence-corrected chi connectivity index (χ0v) is 24.7. The third-order valence-corrected chi connectivity index (χ3v) is 8.49. The maximum absolute atomic E-state index is 13.7. The Kier molecular flexibility index (Phi) is 7.35. The van der Waals surface area contributed by atoms with Gasteiger partial charge < -0.3 is 19.5 Å². The van der Waals surface area contributed by atoms with Crippen molar-refractivity contribution in [1.29, 1.82) is 0 Å². The SMILES string of the molecule is COCCC(C(=O)Nc1ccc2c(c1)cc1n2C2(CCC2)OC1=O)n1cc(OC)c(-c2cc(Cl)ccc2C(C)=O)cc1=O. The van der Waals surface area contributed by atoms with E-state index in [0.717, 1.165) is 30.2 Å². The van der Waals surface area contributed by atoms with E-state index >= 15 is 0 Å². The highest BCUT2D eigenvalue weighted by Gasteiger charge is 2.50. The van der Waals surface area contributed by atoms with E-state index < -0.39 is 23.2 Å². The van der Waals surface area contributed by atoms with Gasteiger partial charge in [-0.15, -0.1) is 0 Å². The molecule has 1 atom stereocenters. The van der Waals surface area contributed by atoms with Crippen molar-refractivity contribution >= 4 is 45.9 Å². The average molecular weight is 604 g/mol. The summed E-state index contributed by atoms with van der Waals surface area (Å²) in [6.07, 6.45) is 4.22. The number of anilines is 1. The van der Waals surface area contributed by atoms with Crippen LogP contribution in [0.3, 0.4) is 0 Å². The zero-order chi connectivity index (χ0) is 30.5. The molecule has 2 aromatic carbocycles. The summed E-state index contributed by atoms with van der Waals surface area (Å²) in [5.74, 6) is -0.672. The van der Waals surface area contributed by atoms with E-state index in [4.69, 9.17) is 25.8 Å². The first-order valence-corrected chi connectivity index (χ1v) is 14.3. The van der Waals surface area contributed by atoms with Crippen molar-refractivity contribution in [2.75, 3.05) is 26.1 Å². The first kappa shape index (κ1) is 28.7. The van der Waals surface area contributed by atoms with Crippen LogP contribution in [0, 0.1) is 0 Å². The van der Waals surface area contributed by atoms with E-state index in [0.29, 0.717) is 38.8 Å². The number of halogens is 1. The summed E-state index contributed by atoms with van der Waals surface area (Å²) in [7, 11) is 2.97. The van der Waals surface area contributed by atoms with Gasteiger partial charge in [0.25, 0.3) is 5.56 Å². The number of benzene rings is 2. The second-order valence-corrected chi connectivity index (χ2v) is 11.3. The lowest BCUT2D eigenvalue weighted by molar-refractivity contribution is -0.119. The van der Waals surface area contributed by atoms with Gasteiger partial charge >= 0.3 is 5.97 Å². The van der Waals surface area contributed by atoms with Crippen LogP contribution in [-0.4, -0.2) is 47.6 Å². The zero-order valence-electron chi connectivity index (χ0n) is 23.9. The molecule has 1 saturated carbocycles. The molecule has 1 aliphatic heterocycles.